The zero-order valence-electron chi connectivity index (χ0n) is 9.06. The lowest BCUT2D eigenvalue weighted by Crippen LogP contribution is -1.98. The van der Waals surface area contributed by atoms with Gasteiger partial charge in [-0.25, -0.2) is 8.78 Å². The zero-order chi connectivity index (χ0) is 12.4. The van der Waals surface area contributed by atoms with E-state index in [2.05, 4.69) is 21.2 Å². The first-order valence-electron chi connectivity index (χ1n) is 5.00. The maximum Gasteiger partial charge on any atom is 0.160 e. The van der Waals surface area contributed by atoms with Crippen molar-refractivity contribution in [1.82, 2.24) is 0 Å². The summed E-state index contributed by atoms with van der Waals surface area (Å²) in [5.74, 6) is -1.66. The van der Waals surface area contributed by atoms with Crippen LogP contribution < -0.4 is 5.32 Å². The Morgan fingerprint density at radius 2 is 2.00 bits per heavy atom. The summed E-state index contributed by atoms with van der Waals surface area (Å²) < 4.78 is 26.7. The van der Waals surface area contributed by atoms with Gasteiger partial charge in [0, 0.05) is 32.5 Å². The van der Waals surface area contributed by atoms with E-state index in [9.17, 15) is 8.78 Å². The Morgan fingerprint density at radius 3 is 2.59 bits per heavy atom. The van der Waals surface area contributed by atoms with Gasteiger partial charge in [-0.3, -0.25) is 0 Å². The van der Waals surface area contributed by atoms with Gasteiger partial charge < -0.3 is 5.32 Å². The van der Waals surface area contributed by atoms with Gasteiger partial charge in [-0.05, 0) is 41.1 Å². The topological polar surface area (TPSA) is 12.0 Å². The molecular formula is C12H10BrF2NS. The molecule has 5 heteroatoms. The van der Waals surface area contributed by atoms with Crippen molar-refractivity contribution in [3.8, 4) is 0 Å². The first-order chi connectivity index (χ1) is 8.06. The third-order valence-electron chi connectivity index (χ3n) is 2.29. The molecule has 2 rings (SSSR count). The Kier molecular flexibility index (Phi) is 3.79. The molecule has 0 spiro atoms. The van der Waals surface area contributed by atoms with Crippen LogP contribution in [0.1, 0.15) is 9.75 Å². The summed E-state index contributed by atoms with van der Waals surface area (Å²) in [4.78, 5) is 2.34. The lowest BCUT2D eigenvalue weighted by atomic mass is 10.3. The second-order valence-electron chi connectivity index (χ2n) is 3.60. The van der Waals surface area contributed by atoms with Gasteiger partial charge in [0.1, 0.15) is 0 Å². The molecule has 1 heterocycles. The minimum absolute atomic E-state index is 0.575. The normalized spacial score (nSPS) is 10.6. The molecule has 0 amide bonds. The van der Waals surface area contributed by atoms with Crippen molar-refractivity contribution in [3.63, 3.8) is 0 Å². The molecule has 1 aromatic heterocycles. The smallest absolute Gasteiger partial charge is 0.160 e. The van der Waals surface area contributed by atoms with Crippen molar-refractivity contribution in [3.05, 3.63) is 50.1 Å². The Morgan fingerprint density at radius 1 is 1.24 bits per heavy atom. The highest BCUT2D eigenvalue weighted by atomic mass is 79.9. The number of hydrogen-bond donors (Lipinski definition) is 1. The van der Waals surface area contributed by atoms with E-state index in [4.69, 9.17) is 0 Å². The van der Waals surface area contributed by atoms with E-state index in [1.807, 2.05) is 13.0 Å². The largest absolute Gasteiger partial charge is 0.380 e. The van der Waals surface area contributed by atoms with Gasteiger partial charge >= 0.3 is 0 Å². The molecule has 0 aliphatic heterocycles. The third kappa shape index (κ3) is 3.04. The van der Waals surface area contributed by atoms with Crippen LogP contribution in [-0.4, -0.2) is 0 Å². The second kappa shape index (κ2) is 5.14. The maximum atomic E-state index is 13.0. The summed E-state index contributed by atoms with van der Waals surface area (Å²) in [7, 11) is 0. The van der Waals surface area contributed by atoms with Crippen LogP contribution in [0, 0.1) is 18.6 Å². The number of halogens is 3. The number of nitrogens with one attached hydrogen (secondary N) is 1. The van der Waals surface area contributed by atoms with Crippen molar-refractivity contribution < 1.29 is 8.78 Å². The fourth-order valence-corrected chi connectivity index (χ4v) is 2.94. The molecule has 0 radical (unpaired) electrons. The summed E-state index contributed by atoms with van der Waals surface area (Å²) in [5.41, 5.74) is 0.575. The number of anilines is 1. The molecule has 0 fully saturated rings. The van der Waals surface area contributed by atoms with E-state index in [1.165, 1.54) is 10.9 Å². The first-order valence-corrected chi connectivity index (χ1v) is 6.61. The summed E-state index contributed by atoms with van der Waals surface area (Å²) in [6, 6.07) is 5.82. The highest BCUT2D eigenvalue weighted by Gasteiger charge is 2.04. The summed E-state index contributed by atoms with van der Waals surface area (Å²) in [5, 5.41) is 3.05. The predicted molar refractivity (Wildman–Crippen MR) is 70.4 cm³/mol. The minimum Gasteiger partial charge on any atom is -0.380 e. The highest BCUT2D eigenvalue weighted by molar-refractivity contribution is 9.10. The quantitative estimate of drug-likeness (QED) is 0.864. The lowest BCUT2D eigenvalue weighted by molar-refractivity contribution is 0.509. The molecule has 1 aromatic carbocycles. The van der Waals surface area contributed by atoms with Crippen LogP contribution >= 0.6 is 27.3 Å². The Balaban J connectivity index is 2.04. The van der Waals surface area contributed by atoms with Crippen molar-refractivity contribution >= 4 is 33.0 Å². The third-order valence-corrected chi connectivity index (χ3v) is 4.43. The molecule has 0 saturated carbocycles. The van der Waals surface area contributed by atoms with E-state index >= 15 is 0 Å². The second-order valence-corrected chi connectivity index (χ2v) is 5.79. The number of benzene rings is 1. The van der Waals surface area contributed by atoms with Crippen molar-refractivity contribution in [2.24, 2.45) is 0 Å². The fraction of sp³-hybridized carbons (Fsp3) is 0.167. The van der Waals surface area contributed by atoms with Crippen LogP contribution in [0.4, 0.5) is 14.5 Å². The average molecular weight is 318 g/mol. The van der Waals surface area contributed by atoms with E-state index < -0.39 is 11.6 Å². The van der Waals surface area contributed by atoms with Crippen LogP contribution in [0.5, 0.6) is 0 Å². The number of hydrogen-bond acceptors (Lipinski definition) is 2. The molecule has 0 aliphatic rings. The monoisotopic (exact) mass is 317 g/mol. The molecule has 0 atom stereocenters. The maximum absolute atomic E-state index is 13.0. The average Bonchev–Trinajstić information content (AvgIpc) is 2.60. The molecule has 0 bridgehead atoms. The van der Waals surface area contributed by atoms with Gasteiger partial charge in [0.2, 0.25) is 0 Å². The molecular weight excluding hydrogens is 308 g/mol. The van der Waals surface area contributed by atoms with Gasteiger partial charge in [0.05, 0.1) is 0 Å². The zero-order valence-corrected chi connectivity index (χ0v) is 11.5. The summed E-state index contributed by atoms with van der Waals surface area (Å²) in [6.45, 7) is 2.62. The summed E-state index contributed by atoms with van der Waals surface area (Å²) >= 11 is 5.10. The Labute approximate surface area is 111 Å². The van der Waals surface area contributed by atoms with Gasteiger partial charge in [0.25, 0.3) is 0 Å². The Hall–Kier alpha value is -0.940. The summed E-state index contributed by atoms with van der Waals surface area (Å²) in [6.07, 6.45) is 0. The molecule has 0 saturated heterocycles. The van der Waals surface area contributed by atoms with E-state index in [1.54, 1.807) is 11.3 Å². The molecule has 90 valence electrons. The number of thiophene rings is 1. The fourth-order valence-electron chi connectivity index (χ4n) is 1.40. The molecule has 0 aliphatic carbocycles. The van der Waals surface area contributed by atoms with Crippen LogP contribution in [0.25, 0.3) is 0 Å². The van der Waals surface area contributed by atoms with Crippen LogP contribution in [-0.2, 0) is 6.54 Å². The standard InChI is InChI=1S/C12H10BrF2NS/c1-7-10(13)5-9(17-7)6-16-8-2-3-11(14)12(15)4-8/h2-5,16H,6H2,1H3. The first kappa shape index (κ1) is 12.5. The molecule has 17 heavy (non-hydrogen) atoms. The van der Waals surface area contributed by atoms with Gasteiger partial charge in [-0.15, -0.1) is 11.3 Å². The molecule has 0 unspecified atom stereocenters. The number of rotatable bonds is 3. The van der Waals surface area contributed by atoms with Crippen molar-refractivity contribution in [2.45, 2.75) is 13.5 Å². The molecule has 2 aromatic rings. The van der Waals surface area contributed by atoms with Crippen LogP contribution in [0.15, 0.2) is 28.7 Å². The van der Waals surface area contributed by atoms with E-state index in [0.29, 0.717) is 12.2 Å². The predicted octanol–water partition coefficient (Wildman–Crippen LogP) is 4.71. The van der Waals surface area contributed by atoms with Crippen molar-refractivity contribution in [1.29, 1.82) is 0 Å². The minimum atomic E-state index is -0.835. The van der Waals surface area contributed by atoms with Crippen molar-refractivity contribution in [2.75, 3.05) is 5.32 Å². The SMILES string of the molecule is Cc1sc(CNc2ccc(F)c(F)c2)cc1Br. The van der Waals surface area contributed by atoms with Gasteiger partial charge in [-0.2, -0.15) is 0 Å². The molecule has 1 nitrogen and oxygen atoms in total. The lowest BCUT2D eigenvalue weighted by Gasteiger charge is -2.04. The van der Waals surface area contributed by atoms with Crippen LogP contribution in [0.2, 0.25) is 0 Å². The molecule has 1 N–H and O–H groups in total. The van der Waals surface area contributed by atoms with Gasteiger partial charge in [-0.1, -0.05) is 0 Å². The highest BCUT2D eigenvalue weighted by Crippen LogP contribution is 2.27. The Bertz CT molecular complexity index is 520. The van der Waals surface area contributed by atoms with Crippen LogP contribution in [0.3, 0.4) is 0 Å². The van der Waals surface area contributed by atoms with Gasteiger partial charge in [0.15, 0.2) is 11.6 Å². The number of aryl methyl sites for hydroxylation is 1. The van der Waals surface area contributed by atoms with E-state index in [-0.39, 0.29) is 0 Å². The van der Waals surface area contributed by atoms with E-state index in [0.717, 1.165) is 21.5 Å².